The zero-order valence-electron chi connectivity index (χ0n) is 12.8. The van der Waals surface area contributed by atoms with Crippen LogP contribution in [0, 0.1) is 5.41 Å². The quantitative estimate of drug-likeness (QED) is 0.603. The van der Waals surface area contributed by atoms with Crippen molar-refractivity contribution < 1.29 is 12.7 Å². The van der Waals surface area contributed by atoms with E-state index in [0.717, 1.165) is 29.7 Å². The van der Waals surface area contributed by atoms with Gasteiger partial charge in [-0.2, -0.15) is 0 Å². The molecule has 0 amide bonds. The Kier molecular flexibility index (Phi) is 6.90. The molecule has 0 radical (unpaired) electrons. The van der Waals surface area contributed by atoms with E-state index in [4.69, 9.17) is 25.8 Å². The molecule has 0 saturated heterocycles. The van der Waals surface area contributed by atoms with E-state index in [-0.39, 0.29) is 5.41 Å². The number of rotatable bonds is 3. The molecule has 2 aromatic carbocycles. The van der Waals surface area contributed by atoms with Crippen LogP contribution in [0.4, 0.5) is 0 Å². The molecular weight excluding hydrogens is 372 g/mol. The molecule has 1 N–H and O–H groups in total. The molecule has 0 aliphatic heterocycles. The minimum atomic E-state index is -0.273. The summed E-state index contributed by atoms with van der Waals surface area (Å²) in [4.78, 5) is 0. The van der Waals surface area contributed by atoms with Crippen LogP contribution in [0.5, 0.6) is 0 Å². The van der Waals surface area contributed by atoms with Crippen molar-refractivity contribution in [3.63, 3.8) is 0 Å². The molecule has 2 aromatic rings. The van der Waals surface area contributed by atoms with Crippen LogP contribution in [0.1, 0.15) is 36.5 Å². The summed E-state index contributed by atoms with van der Waals surface area (Å²) in [6.07, 6.45) is 6.43. The number of nitrogens with one attached hydrogen (secondary N) is 1. The predicted molar refractivity (Wildman–Crippen MR) is 97.0 cm³/mol. The van der Waals surface area contributed by atoms with Crippen molar-refractivity contribution in [2.75, 3.05) is 0 Å². The zero-order valence-corrected chi connectivity index (χ0v) is 15.3. The van der Waals surface area contributed by atoms with E-state index in [1.807, 2.05) is 18.2 Å². The van der Waals surface area contributed by atoms with Gasteiger partial charge >= 0.3 is 33.0 Å². The van der Waals surface area contributed by atoms with Gasteiger partial charge in [0, 0.05) is 5.56 Å². The summed E-state index contributed by atoms with van der Waals surface area (Å²) < 4.78 is 0. The maximum absolute atomic E-state index is 8.77. The zero-order chi connectivity index (χ0) is 16.7. The van der Waals surface area contributed by atoms with E-state index < -0.39 is 0 Å². The van der Waals surface area contributed by atoms with Crippen LogP contribution in [-0.4, -0.2) is 5.71 Å². The van der Waals surface area contributed by atoms with Crippen LogP contribution in [0.15, 0.2) is 60.7 Å². The van der Waals surface area contributed by atoms with Crippen molar-refractivity contribution in [3.05, 3.63) is 77.4 Å². The van der Waals surface area contributed by atoms with Gasteiger partial charge in [-0.05, 0) is 17.5 Å². The van der Waals surface area contributed by atoms with Crippen molar-refractivity contribution in [1.29, 1.82) is 5.41 Å². The third kappa shape index (κ3) is 3.88. The number of halogens is 2. The first-order chi connectivity index (χ1) is 11.2. The molecule has 1 nitrogen and oxygen atoms in total. The van der Waals surface area contributed by atoms with Gasteiger partial charge in [-0.15, -0.1) is 0 Å². The second-order valence-corrected chi connectivity index (χ2v) is 7.06. The average Bonchev–Trinajstić information content (AvgIpc) is 2.59. The Balaban J connectivity index is 0.000000595. The van der Waals surface area contributed by atoms with Crippen LogP contribution in [0.25, 0.3) is 6.08 Å². The summed E-state index contributed by atoms with van der Waals surface area (Å²) in [5.41, 5.74) is 3.89. The van der Waals surface area contributed by atoms with Gasteiger partial charge in [0.05, 0.1) is 11.1 Å². The van der Waals surface area contributed by atoms with Gasteiger partial charge in [0.25, 0.3) is 0 Å². The Bertz CT molecular complexity index is 685. The fourth-order valence-corrected chi connectivity index (χ4v) is 3.15. The molecule has 1 unspecified atom stereocenters. The Hall–Kier alpha value is -1.08. The SMILES string of the molecule is CCCC1(c2ccccc2)C=Cc2ccccc2C1=N.[Cl][Ni][Cl]. The fourth-order valence-electron chi connectivity index (χ4n) is 3.15. The van der Waals surface area contributed by atoms with Gasteiger partial charge in [0.15, 0.2) is 0 Å². The molecule has 0 saturated carbocycles. The number of hydrogen-bond donors (Lipinski definition) is 1. The van der Waals surface area contributed by atoms with Crippen LogP contribution in [0.3, 0.4) is 0 Å². The first-order valence-electron chi connectivity index (χ1n) is 7.45. The van der Waals surface area contributed by atoms with E-state index in [1.54, 1.807) is 0 Å². The molecule has 1 atom stereocenters. The third-order valence-corrected chi connectivity index (χ3v) is 4.16. The molecule has 3 rings (SSSR count). The molecule has 4 heteroatoms. The second-order valence-electron chi connectivity index (χ2n) is 5.43. The first-order valence-corrected chi connectivity index (χ1v) is 10.2. The van der Waals surface area contributed by atoms with Gasteiger partial charge in [0.1, 0.15) is 0 Å². The van der Waals surface area contributed by atoms with Crippen molar-refractivity contribution in [3.8, 4) is 0 Å². The van der Waals surface area contributed by atoms with Gasteiger partial charge < -0.3 is 5.41 Å². The molecule has 124 valence electrons. The molecule has 0 aromatic heterocycles. The van der Waals surface area contributed by atoms with E-state index in [0.29, 0.717) is 12.7 Å². The van der Waals surface area contributed by atoms with Crippen molar-refractivity contribution in [1.82, 2.24) is 0 Å². The molecule has 1 aliphatic rings. The van der Waals surface area contributed by atoms with Crippen LogP contribution >= 0.6 is 20.4 Å². The molecule has 0 bridgehead atoms. The van der Waals surface area contributed by atoms with Crippen LogP contribution in [-0.2, 0) is 18.1 Å². The van der Waals surface area contributed by atoms with E-state index in [1.165, 1.54) is 5.56 Å². The minimum absolute atomic E-state index is 0.273. The average molecular weight is 391 g/mol. The topological polar surface area (TPSA) is 23.9 Å². The number of fused-ring (bicyclic) bond motifs is 1. The molecule has 0 heterocycles. The van der Waals surface area contributed by atoms with E-state index in [9.17, 15) is 0 Å². The third-order valence-electron chi connectivity index (χ3n) is 4.16. The van der Waals surface area contributed by atoms with Gasteiger partial charge in [-0.25, -0.2) is 0 Å². The summed E-state index contributed by atoms with van der Waals surface area (Å²) >= 11 is 0.569. The monoisotopic (exact) mass is 389 g/mol. The van der Waals surface area contributed by atoms with Crippen LogP contribution < -0.4 is 0 Å². The van der Waals surface area contributed by atoms with Crippen molar-refractivity contribution in [2.24, 2.45) is 0 Å². The Morgan fingerprint density at radius 1 is 1.00 bits per heavy atom. The molecule has 0 fully saturated rings. The summed E-state index contributed by atoms with van der Waals surface area (Å²) in [6, 6.07) is 18.6. The van der Waals surface area contributed by atoms with Gasteiger partial charge in [0.2, 0.25) is 0 Å². The first kappa shape index (κ1) is 18.3. The van der Waals surface area contributed by atoms with Crippen LogP contribution in [0.2, 0.25) is 0 Å². The van der Waals surface area contributed by atoms with Gasteiger partial charge in [-0.1, -0.05) is 80.1 Å². The standard InChI is InChI=1S/C19H19N.2ClH.Ni/c1-2-13-19(16-9-4-3-5-10-16)14-12-15-8-6-7-11-17(15)18(19)20;;;/h3-12,14,20H,2,13H2,1H3;2*1H;/q;;;+2/p-2. The molecular formula is C19H19Cl2NNi. The number of allylic oxidation sites excluding steroid dienone is 1. The maximum atomic E-state index is 8.77. The number of benzene rings is 2. The van der Waals surface area contributed by atoms with Crippen molar-refractivity contribution in [2.45, 2.75) is 25.2 Å². The summed E-state index contributed by atoms with van der Waals surface area (Å²) in [5.74, 6) is 0. The summed E-state index contributed by atoms with van der Waals surface area (Å²) in [5, 5.41) is 8.77. The molecule has 1 aliphatic carbocycles. The Morgan fingerprint density at radius 2 is 1.61 bits per heavy atom. The molecule has 23 heavy (non-hydrogen) atoms. The second kappa shape index (κ2) is 8.69. The van der Waals surface area contributed by atoms with E-state index in [2.05, 4.69) is 55.5 Å². The Labute approximate surface area is 152 Å². The normalized spacial score (nSPS) is 19.0. The fraction of sp³-hybridized carbons (Fsp3) is 0.211. The van der Waals surface area contributed by atoms with E-state index >= 15 is 0 Å². The van der Waals surface area contributed by atoms with Gasteiger partial charge in [-0.3, -0.25) is 0 Å². The molecule has 0 spiro atoms. The van der Waals surface area contributed by atoms with Crippen molar-refractivity contribution >= 4 is 32.2 Å². The summed E-state index contributed by atoms with van der Waals surface area (Å²) in [7, 11) is 9.40. The Morgan fingerprint density at radius 3 is 2.26 bits per heavy atom. The predicted octanol–water partition coefficient (Wildman–Crippen LogP) is 6.20. The summed E-state index contributed by atoms with van der Waals surface area (Å²) in [6.45, 7) is 2.19. The number of hydrogen-bond acceptors (Lipinski definition) is 1.